The highest BCUT2D eigenvalue weighted by molar-refractivity contribution is 5.92. The first kappa shape index (κ1) is 14.4. The van der Waals surface area contributed by atoms with Gasteiger partial charge in [-0.25, -0.2) is 0 Å². The summed E-state index contributed by atoms with van der Waals surface area (Å²) in [5.74, 6) is 2.52. The second-order valence-electron chi connectivity index (χ2n) is 6.63. The summed E-state index contributed by atoms with van der Waals surface area (Å²) in [6, 6.07) is 1.77. The molecule has 3 heterocycles. The second-order valence-corrected chi connectivity index (χ2v) is 6.63. The van der Waals surface area contributed by atoms with Crippen LogP contribution in [0.5, 0.6) is 0 Å². The van der Waals surface area contributed by atoms with Crippen LogP contribution in [0.4, 0.5) is 0 Å². The molecule has 7 heteroatoms. The Morgan fingerprint density at radius 1 is 1.39 bits per heavy atom. The van der Waals surface area contributed by atoms with Crippen LogP contribution in [-0.2, 0) is 13.5 Å². The number of amides is 1. The number of nitrogens with zero attached hydrogens (tertiary/aromatic N) is 5. The van der Waals surface area contributed by atoms with E-state index in [1.807, 2.05) is 4.90 Å². The third-order valence-corrected chi connectivity index (χ3v) is 4.73. The molecule has 1 aliphatic carbocycles. The molecule has 1 saturated carbocycles. The van der Waals surface area contributed by atoms with Gasteiger partial charge in [0.05, 0.1) is 0 Å². The molecule has 2 aliphatic rings. The molecule has 1 unspecified atom stereocenters. The van der Waals surface area contributed by atoms with Crippen LogP contribution in [0.2, 0.25) is 0 Å². The van der Waals surface area contributed by atoms with Gasteiger partial charge in [0.1, 0.15) is 5.69 Å². The van der Waals surface area contributed by atoms with Crippen molar-refractivity contribution in [1.29, 1.82) is 0 Å². The first-order valence-corrected chi connectivity index (χ1v) is 8.30. The van der Waals surface area contributed by atoms with Crippen LogP contribution in [0, 0.1) is 5.92 Å². The highest BCUT2D eigenvalue weighted by atomic mass is 16.5. The van der Waals surface area contributed by atoms with Gasteiger partial charge in [-0.2, -0.15) is 10.1 Å². The molecule has 1 aliphatic heterocycles. The maximum atomic E-state index is 12.6. The van der Waals surface area contributed by atoms with Crippen molar-refractivity contribution in [2.24, 2.45) is 13.0 Å². The molecule has 7 nitrogen and oxygen atoms in total. The Balaban J connectivity index is 1.40. The lowest BCUT2D eigenvalue weighted by molar-refractivity contribution is 0.0660. The number of carbonyl (C=O) groups is 1. The van der Waals surface area contributed by atoms with Gasteiger partial charge in [-0.15, -0.1) is 0 Å². The van der Waals surface area contributed by atoms with Crippen molar-refractivity contribution < 1.29 is 9.32 Å². The van der Waals surface area contributed by atoms with Crippen molar-refractivity contribution in [2.75, 3.05) is 13.1 Å². The van der Waals surface area contributed by atoms with Crippen LogP contribution in [0.1, 0.15) is 53.8 Å². The molecule has 0 spiro atoms. The van der Waals surface area contributed by atoms with Crippen molar-refractivity contribution in [3.63, 3.8) is 0 Å². The van der Waals surface area contributed by atoms with Crippen molar-refractivity contribution >= 4 is 5.91 Å². The van der Waals surface area contributed by atoms with Gasteiger partial charge >= 0.3 is 0 Å². The molecule has 1 amide bonds. The topological polar surface area (TPSA) is 77.0 Å². The number of aromatic nitrogens is 4. The molecule has 1 saturated heterocycles. The third-order valence-electron chi connectivity index (χ3n) is 4.73. The quantitative estimate of drug-likeness (QED) is 0.859. The Morgan fingerprint density at radius 2 is 2.26 bits per heavy atom. The lowest BCUT2D eigenvalue weighted by atomic mass is 9.94. The van der Waals surface area contributed by atoms with Crippen molar-refractivity contribution in [2.45, 2.75) is 38.0 Å². The summed E-state index contributed by atoms with van der Waals surface area (Å²) in [4.78, 5) is 19.0. The van der Waals surface area contributed by atoms with E-state index >= 15 is 0 Å². The van der Waals surface area contributed by atoms with Crippen molar-refractivity contribution in [1.82, 2.24) is 24.8 Å². The average Bonchev–Trinajstić information content (AvgIpc) is 3.16. The van der Waals surface area contributed by atoms with Gasteiger partial charge in [-0.3, -0.25) is 9.48 Å². The van der Waals surface area contributed by atoms with Crippen LogP contribution in [0.25, 0.3) is 0 Å². The van der Waals surface area contributed by atoms with E-state index in [9.17, 15) is 4.79 Å². The standard InChI is InChI=1S/C16H21N5O2/c1-20-13(6-7-17-20)16(22)21-8-2-3-11(10-21)9-14-18-15(23-19-14)12-4-5-12/h6-7,11-12H,2-5,8-10H2,1H3. The third kappa shape index (κ3) is 3.00. The van der Waals surface area contributed by atoms with E-state index in [0.717, 1.165) is 56.9 Å². The van der Waals surface area contributed by atoms with E-state index in [0.29, 0.717) is 17.5 Å². The molecule has 0 radical (unpaired) electrons. The minimum atomic E-state index is 0.0569. The predicted molar refractivity (Wildman–Crippen MR) is 81.8 cm³/mol. The summed E-state index contributed by atoms with van der Waals surface area (Å²) < 4.78 is 6.96. The molecule has 2 aromatic heterocycles. The Labute approximate surface area is 134 Å². The molecule has 2 aromatic rings. The lowest BCUT2D eigenvalue weighted by Gasteiger charge is -2.32. The Morgan fingerprint density at radius 3 is 3.00 bits per heavy atom. The fraction of sp³-hybridized carbons (Fsp3) is 0.625. The monoisotopic (exact) mass is 315 g/mol. The van der Waals surface area contributed by atoms with Crippen LogP contribution in [0.15, 0.2) is 16.8 Å². The molecule has 23 heavy (non-hydrogen) atoms. The van der Waals surface area contributed by atoms with E-state index in [2.05, 4.69) is 15.2 Å². The van der Waals surface area contributed by atoms with Gasteiger partial charge in [0.25, 0.3) is 5.91 Å². The van der Waals surface area contributed by atoms with E-state index < -0.39 is 0 Å². The van der Waals surface area contributed by atoms with Gasteiger partial charge < -0.3 is 9.42 Å². The number of aryl methyl sites for hydroxylation is 1. The van der Waals surface area contributed by atoms with Crippen molar-refractivity contribution in [3.8, 4) is 0 Å². The second kappa shape index (κ2) is 5.79. The van der Waals surface area contributed by atoms with Crippen LogP contribution in [-0.4, -0.2) is 43.8 Å². The summed E-state index contributed by atoms with van der Waals surface area (Å²) in [6.07, 6.45) is 6.89. The summed E-state index contributed by atoms with van der Waals surface area (Å²) in [7, 11) is 1.80. The molecular weight excluding hydrogens is 294 g/mol. The zero-order valence-electron chi connectivity index (χ0n) is 13.3. The molecule has 2 fully saturated rings. The highest BCUT2D eigenvalue weighted by Gasteiger charge is 2.31. The molecule has 122 valence electrons. The highest BCUT2D eigenvalue weighted by Crippen LogP contribution is 2.39. The summed E-state index contributed by atoms with van der Waals surface area (Å²) >= 11 is 0. The molecule has 0 aromatic carbocycles. The number of carbonyl (C=O) groups excluding carboxylic acids is 1. The van der Waals surface area contributed by atoms with E-state index in [1.54, 1.807) is 24.0 Å². The Hall–Kier alpha value is -2.18. The minimum absolute atomic E-state index is 0.0569. The number of likely N-dealkylation sites (tertiary alicyclic amines) is 1. The summed E-state index contributed by atoms with van der Waals surface area (Å²) in [5, 5.41) is 8.18. The van der Waals surface area contributed by atoms with Gasteiger partial charge in [0.2, 0.25) is 5.89 Å². The number of piperidine rings is 1. The zero-order chi connectivity index (χ0) is 15.8. The largest absolute Gasteiger partial charge is 0.339 e. The summed E-state index contributed by atoms with van der Waals surface area (Å²) in [5.41, 5.74) is 0.640. The summed E-state index contributed by atoms with van der Waals surface area (Å²) in [6.45, 7) is 1.55. The fourth-order valence-corrected chi connectivity index (χ4v) is 3.27. The number of hydrogen-bond acceptors (Lipinski definition) is 5. The van der Waals surface area contributed by atoms with Crippen molar-refractivity contribution in [3.05, 3.63) is 29.7 Å². The van der Waals surface area contributed by atoms with E-state index in [1.165, 1.54) is 0 Å². The average molecular weight is 315 g/mol. The molecule has 1 atom stereocenters. The van der Waals surface area contributed by atoms with Crippen LogP contribution < -0.4 is 0 Å². The first-order valence-electron chi connectivity index (χ1n) is 8.30. The first-order chi connectivity index (χ1) is 11.2. The molecular formula is C16H21N5O2. The number of hydrogen-bond donors (Lipinski definition) is 0. The lowest BCUT2D eigenvalue weighted by Crippen LogP contribution is -2.41. The molecule has 0 bridgehead atoms. The predicted octanol–water partition coefficient (Wildman–Crippen LogP) is 1.78. The SMILES string of the molecule is Cn1nccc1C(=O)N1CCCC(Cc2noc(C3CC3)n2)C1. The smallest absolute Gasteiger partial charge is 0.272 e. The maximum absolute atomic E-state index is 12.6. The Bertz CT molecular complexity index is 703. The van der Waals surface area contributed by atoms with Crippen LogP contribution in [0.3, 0.4) is 0 Å². The van der Waals surface area contributed by atoms with Crippen LogP contribution >= 0.6 is 0 Å². The van der Waals surface area contributed by atoms with Gasteiger partial charge in [-0.05, 0) is 37.7 Å². The van der Waals surface area contributed by atoms with E-state index in [4.69, 9.17) is 4.52 Å². The zero-order valence-corrected chi connectivity index (χ0v) is 13.3. The molecule has 0 N–H and O–H groups in total. The fourth-order valence-electron chi connectivity index (χ4n) is 3.27. The molecule has 4 rings (SSSR count). The Kier molecular flexibility index (Phi) is 3.63. The van der Waals surface area contributed by atoms with Gasteiger partial charge in [0, 0.05) is 38.7 Å². The normalized spacial score (nSPS) is 21.6. The van der Waals surface area contributed by atoms with E-state index in [-0.39, 0.29) is 5.91 Å². The van der Waals surface area contributed by atoms with Gasteiger partial charge in [0.15, 0.2) is 5.82 Å². The minimum Gasteiger partial charge on any atom is -0.339 e. The van der Waals surface area contributed by atoms with Gasteiger partial charge in [-0.1, -0.05) is 5.16 Å². The number of rotatable bonds is 4. The maximum Gasteiger partial charge on any atom is 0.272 e.